The van der Waals surface area contributed by atoms with Gasteiger partial charge in [-0.3, -0.25) is 4.79 Å². The summed E-state index contributed by atoms with van der Waals surface area (Å²) in [6.45, 7) is 1.59. The summed E-state index contributed by atoms with van der Waals surface area (Å²) in [5, 5.41) is 3.32. The summed E-state index contributed by atoms with van der Waals surface area (Å²) in [4.78, 5) is 18.2. The van der Waals surface area contributed by atoms with E-state index in [1.165, 1.54) is 12.1 Å². The zero-order chi connectivity index (χ0) is 17.8. The van der Waals surface area contributed by atoms with E-state index >= 15 is 0 Å². The van der Waals surface area contributed by atoms with Crippen LogP contribution in [0.15, 0.2) is 21.3 Å². The average molecular weight is 372 g/mol. The van der Waals surface area contributed by atoms with Crippen molar-refractivity contribution in [2.75, 3.05) is 13.1 Å². The number of alkyl halides is 3. The Morgan fingerprint density at radius 3 is 2.64 bits per heavy atom. The van der Waals surface area contributed by atoms with Crippen molar-refractivity contribution in [2.45, 2.75) is 24.9 Å². The lowest BCUT2D eigenvalue weighted by molar-refractivity contribution is -0.144. The molecule has 0 atom stereocenters. The molecular formula is C16H13ClF3N3O2. The molecule has 1 aliphatic heterocycles. The lowest BCUT2D eigenvalue weighted by atomic mass is 9.95. The van der Waals surface area contributed by atoms with Crippen molar-refractivity contribution in [3.05, 3.63) is 39.0 Å². The van der Waals surface area contributed by atoms with Crippen molar-refractivity contribution in [2.24, 2.45) is 0 Å². The number of hydrogen-bond donors (Lipinski definition) is 2. The first-order valence-electron chi connectivity index (χ1n) is 7.78. The van der Waals surface area contributed by atoms with Crippen LogP contribution in [0.5, 0.6) is 0 Å². The molecule has 1 aliphatic rings. The summed E-state index contributed by atoms with van der Waals surface area (Å²) in [6.07, 6.45) is -3.06. The summed E-state index contributed by atoms with van der Waals surface area (Å²) < 4.78 is 44.8. The first-order valence-corrected chi connectivity index (χ1v) is 8.16. The molecule has 0 amide bonds. The fourth-order valence-electron chi connectivity index (χ4n) is 3.19. The molecule has 0 unspecified atom stereocenters. The van der Waals surface area contributed by atoms with Crippen molar-refractivity contribution in [1.82, 2.24) is 15.3 Å². The third kappa shape index (κ3) is 2.79. The second kappa shape index (κ2) is 5.74. The van der Waals surface area contributed by atoms with Crippen LogP contribution in [-0.4, -0.2) is 23.1 Å². The number of rotatable bonds is 1. The quantitative estimate of drug-likeness (QED) is 0.682. The number of nitrogens with zero attached hydrogens (tertiary/aromatic N) is 1. The molecule has 1 aromatic carbocycles. The SMILES string of the molecule is O=c1cc(C2CCNCC2)oc2c1cc(Cl)c1nc(C(F)(F)F)[nH]c12. The van der Waals surface area contributed by atoms with E-state index in [4.69, 9.17) is 16.0 Å². The number of imidazole rings is 1. The van der Waals surface area contributed by atoms with Gasteiger partial charge in [-0.1, -0.05) is 11.6 Å². The lowest BCUT2D eigenvalue weighted by Crippen LogP contribution is -2.27. The highest BCUT2D eigenvalue weighted by Crippen LogP contribution is 2.35. The van der Waals surface area contributed by atoms with Gasteiger partial charge in [0.25, 0.3) is 0 Å². The fraction of sp³-hybridized carbons (Fsp3) is 0.375. The average Bonchev–Trinajstić information content (AvgIpc) is 3.03. The first kappa shape index (κ1) is 16.4. The van der Waals surface area contributed by atoms with Crippen LogP contribution in [0, 0.1) is 0 Å². The van der Waals surface area contributed by atoms with E-state index in [0.29, 0.717) is 5.76 Å². The normalized spacial score (nSPS) is 16.8. The van der Waals surface area contributed by atoms with Crippen molar-refractivity contribution in [1.29, 1.82) is 0 Å². The van der Waals surface area contributed by atoms with Gasteiger partial charge in [0.2, 0.25) is 5.82 Å². The van der Waals surface area contributed by atoms with Crippen molar-refractivity contribution in [3.63, 3.8) is 0 Å². The standard InChI is InChI=1S/C16H13ClF3N3O2/c17-9-5-8-10(24)6-11(7-1-3-21-4-2-7)25-14(8)13-12(9)22-15(23-13)16(18,19)20/h5-7,21H,1-4H2,(H,22,23). The van der Waals surface area contributed by atoms with E-state index < -0.39 is 12.0 Å². The number of H-pyrrole nitrogens is 1. The van der Waals surface area contributed by atoms with Gasteiger partial charge in [-0.05, 0) is 32.0 Å². The summed E-state index contributed by atoms with van der Waals surface area (Å²) >= 11 is 6.02. The summed E-state index contributed by atoms with van der Waals surface area (Å²) in [7, 11) is 0. The summed E-state index contributed by atoms with van der Waals surface area (Å²) in [5.74, 6) is -0.647. The van der Waals surface area contributed by atoms with E-state index in [1.54, 1.807) is 0 Å². The van der Waals surface area contributed by atoms with Gasteiger partial charge >= 0.3 is 6.18 Å². The first-order chi connectivity index (χ1) is 11.8. The molecule has 0 radical (unpaired) electrons. The Hall–Kier alpha value is -2.06. The largest absolute Gasteiger partial charge is 0.458 e. The highest BCUT2D eigenvalue weighted by Gasteiger charge is 2.35. The van der Waals surface area contributed by atoms with Crippen molar-refractivity contribution in [3.8, 4) is 0 Å². The van der Waals surface area contributed by atoms with Crippen LogP contribution in [0.4, 0.5) is 13.2 Å². The van der Waals surface area contributed by atoms with Gasteiger partial charge < -0.3 is 14.7 Å². The number of hydrogen-bond acceptors (Lipinski definition) is 4. The molecule has 2 N–H and O–H groups in total. The Labute approximate surface area is 144 Å². The Kier molecular flexibility index (Phi) is 3.77. The van der Waals surface area contributed by atoms with Crippen molar-refractivity contribution < 1.29 is 17.6 Å². The van der Waals surface area contributed by atoms with Gasteiger partial charge in [0.15, 0.2) is 11.0 Å². The number of piperidine rings is 1. The molecule has 9 heteroatoms. The third-order valence-corrected chi connectivity index (χ3v) is 4.73. The number of benzene rings is 1. The van der Waals surface area contributed by atoms with E-state index in [-0.39, 0.29) is 38.4 Å². The molecule has 4 rings (SSSR count). The molecule has 0 saturated carbocycles. The predicted molar refractivity (Wildman–Crippen MR) is 87.0 cm³/mol. The maximum Gasteiger partial charge on any atom is 0.449 e. The van der Waals surface area contributed by atoms with Gasteiger partial charge in [0.1, 0.15) is 16.8 Å². The Morgan fingerprint density at radius 2 is 1.96 bits per heavy atom. The number of aromatic nitrogens is 2. The van der Waals surface area contributed by atoms with Crippen molar-refractivity contribution >= 4 is 33.6 Å². The molecule has 2 aromatic heterocycles. The molecule has 1 saturated heterocycles. The Balaban J connectivity index is 1.99. The van der Waals surface area contributed by atoms with Gasteiger partial charge in [0.05, 0.1) is 10.4 Å². The Bertz CT molecular complexity index is 1020. The molecule has 0 aliphatic carbocycles. The molecule has 25 heavy (non-hydrogen) atoms. The van der Waals surface area contributed by atoms with Gasteiger partial charge in [-0.25, -0.2) is 4.98 Å². The molecule has 1 fully saturated rings. The second-order valence-electron chi connectivity index (χ2n) is 6.08. The molecule has 5 nitrogen and oxygen atoms in total. The molecule has 3 heterocycles. The maximum absolute atomic E-state index is 13.0. The summed E-state index contributed by atoms with van der Waals surface area (Å²) in [5.41, 5.74) is -0.347. The van der Waals surface area contributed by atoms with Crippen LogP contribution in [0.1, 0.15) is 30.3 Å². The fourth-order valence-corrected chi connectivity index (χ4v) is 3.44. The molecule has 3 aromatic rings. The highest BCUT2D eigenvalue weighted by atomic mass is 35.5. The summed E-state index contributed by atoms with van der Waals surface area (Å²) in [6, 6.07) is 2.71. The van der Waals surface area contributed by atoms with Crippen LogP contribution >= 0.6 is 11.6 Å². The number of aromatic amines is 1. The van der Waals surface area contributed by atoms with Crippen LogP contribution in [0.3, 0.4) is 0 Å². The smallest absolute Gasteiger partial charge is 0.449 e. The number of halogens is 4. The number of nitrogens with one attached hydrogen (secondary N) is 2. The van der Waals surface area contributed by atoms with Crippen LogP contribution < -0.4 is 10.7 Å². The molecule has 132 valence electrons. The molecule has 0 spiro atoms. The monoisotopic (exact) mass is 371 g/mol. The second-order valence-corrected chi connectivity index (χ2v) is 6.49. The van der Waals surface area contributed by atoms with Crippen LogP contribution in [-0.2, 0) is 6.18 Å². The van der Waals surface area contributed by atoms with Crippen LogP contribution in [0.25, 0.3) is 22.0 Å². The minimum atomic E-state index is -4.65. The molecular weight excluding hydrogens is 359 g/mol. The van der Waals surface area contributed by atoms with E-state index in [9.17, 15) is 18.0 Å². The maximum atomic E-state index is 13.0. The zero-order valence-corrected chi connectivity index (χ0v) is 13.6. The highest BCUT2D eigenvalue weighted by molar-refractivity contribution is 6.36. The zero-order valence-electron chi connectivity index (χ0n) is 12.8. The minimum Gasteiger partial charge on any atom is -0.458 e. The van der Waals surface area contributed by atoms with Gasteiger partial charge in [-0.15, -0.1) is 0 Å². The predicted octanol–water partition coefficient (Wildman–Crippen LogP) is 3.81. The number of fused-ring (bicyclic) bond motifs is 3. The Morgan fingerprint density at radius 1 is 1.24 bits per heavy atom. The van der Waals surface area contributed by atoms with E-state index in [2.05, 4.69) is 15.3 Å². The topological polar surface area (TPSA) is 70.9 Å². The van der Waals surface area contributed by atoms with Gasteiger partial charge in [-0.2, -0.15) is 13.2 Å². The minimum absolute atomic E-state index is 0.0114. The molecule has 0 bridgehead atoms. The lowest BCUT2D eigenvalue weighted by Gasteiger charge is -2.21. The van der Waals surface area contributed by atoms with Crippen LogP contribution in [0.2, 0.25) is 5.02 Å². The van der Waals surface area contributed by atoms with E-state index in [1.807, 2.05) is 0 Å². The third-order valence-electron chi connectivity index (χ3n) is 4.44. The van der Waals surface area contributed by atoms with E-state index in [0.717, 1.165) is 25.9 Å². The van der Waals surface area contributed by atoms with Gasteiger partial charge in [0, 0.05) is 12.0 Å².